The van der Waals surface area contributed by atoms with Gasteiger partial charge in [0.2, 0.25) is 0 Å². The molecule has 78 valence electrons. The highest BCUT2D eigenvalue weighted by Gasteiger charge is 2.16. The van der Waals surface area contributed by atoms with E-state index in [2.05, 4.69) is 13.8 Å². The van der Waals surface area contributed by atoms with Gasteiger partial charge in [0.05, 0.1) is 6.42 Å². The number of carboxylic acid groups (broad SMARTS) is 1. The van der Waals surface area contributed by atoms with Crippen LogP contribution in [0.3, 0.4) is 0 Å². The molecule has 0 heterocycles. The minimum absolute atomic E-state index is 0.0628. The molecule has 2 atom stereocenters. The fourth-order valence-corrected chi connectivity index (χ4v) is 1.97. The van der Waals surface area contributed by atoms with Crippen LogP contribution in [0, 0.1) is 11.8 Å². The molecule has 0 fully saturated rings. The highest BCUT2D eigenvalue weighted by molar-refractivity contribution is 6.29. The number of allylic oxidation sites excluding steroid dienone is 3. The third kappa shape index (κ3) is 3.18. The standard InChI is InChI=1S/C11H15ClO2/c1-7-3-9(6-11(13)14)5-10(12)4-8(7)2/h3,5,7-8H,4,6H2,1-2H3,(H,13,14). The van der Waals surface area contributed by atoms with E-state index in [1.807, 2.05) is 6.08 Å². The Kier molecular flexibility index (Phi) is 3.76. The Morgan fingerprint density at radius 2 is 2.29 bits per heavy atom. The van der Waals surface area contributed by atoms with Crippen molar-refractivity contribution in [1.82, 2.24) is 0 Å². The summed E-state index contributed by atoms with van der Waals surface area (Å²) in [4.78, 5) is 10.6. The number of aliphatic carboxylic acids is 1. The second-order valence-corrected chi connectivity index (χ2v) is 4.43. The highest BCUT2D eigenvalue weighted by Crippen LogP contribution is 2.29. The molecule has 0 saturated carbocycles. The van der Waals surface area contributed by atoms with Crippen LogP contribution >= 0.6 is 11.6 Å². The molecule has 0 aromatic carbocycles. The number of hydrogen-bond donors (Lipinski definition) is 1. The van der Waals surface area contributed by atoms with E-state index in [1.165, 1.54) is 0 Å². The smallest absolute Gasteiger partial charge is 0.307 e. The van der Waals surface area contributed by atoms with Crippen LogP contribution in [0.2, 0.25) is 0 Å². The van der Waals surface area contributed by atoms with Crippen LogP contribution in [0.25, 0.3) is 0 Å². The van der Waals surface area contributed by atoms with Crippen LogP contribution in [-0.4, -0.2) is 11.1 Å². The number of rotatable bonds is 2. The molecule has 2 unspecified atom stereocenters. The molecule has 0 aliphatic heterocycles. The van der Waals surface area contributed by atoms with Crippen molar-refractivity contribution in [3.8, 4) is 0 Å². The predicted octanol–water partition coefficient (Wildman–Crippen LogP) is 3.19. The molecule has 1 rings (SSSR count). The molecular formula is C11H15ClO2. The van der Waals surface area contributed by atoms with Crippen LogP contribution in [0.5, 0.6) is 0 Å². The van der Waals surface area contributed by atoms with E-state index in [0.717, 1.165) is 17.0 Å². The molecule has 1 N–H and O–H groups in total. The van der Waals surface area contributed by atoms with Gasteiger partial charge >= 0.3 is 5.97 Å². The van der Waals surface area contributed by atoms with E-state index < -0.39 is 5.97 Å². The second-order valence-electron chi connectivity index (χ2n) is 3.94. The van der Waals surface area contributed by atoms with Crippen molar-refractivity contribution >= 4 is 17.6 Å². The zero-order valence-corrected chi connectivity index (χ0v) is 9.21. The van der Waals surface area contributed by atoms with Gasteiger partial charge in [-0.25, -0.2) is 0 Å². The summed E-state index contributed by atoms with van der Waals surface area (Å²) < 4.78 is 0. The quantitative estimate of drug-likeness (QED) is 0.767. The topological polar surface area (TPSA) is 37.3 Å². The average Bonchev–Trinajstić information content (AvgIpc) is 2.10. The maximum atomic E-state index is 10.6. The molecule has 1 aliphatic carbocycles. The molecule has 14 heavy (non-hydrogen) atoms. The van der Waals surface area contributed by atoms with Crippen molar-refractivity contribution in [1.29, 1.82) is 0 Å². The molecule has 0 radical (unpaired) electrons. The zero-order valence-electron chi connectivity index (χ0n) is 8.46. The normalized spacial score (nSPS) is 27.6. The Hall–Kier alpha value is -0.760. The first kappa shape index (κ1) is 11.3. The van der Waals surface area contributed by atoms with Gasteiger partial charge < -0.3 is 5.11 Å². The Morgan fingerprint density at radius 3 is 2.86 bits per heavy atom. The van der Waals surface area contributed by atoms with E-state index in [9.17, 15) is 4.79 Å². The lowest BCUT2D eigenvalue weighted by atomic mass is 9.93. The Labute approximate surface area is 89.3 Å². The monoisotopic (exact) mass is 214 g/mol. The minimum Gasteiger partial charge on any atom is -0.481 e. The third-order valence-electron chi connectivity index (χ3n) is 2.59. The molecule has 2 nitrogen and oxygen atoms in total. The summed E-state index contributed by atoms with van der Waals surface area (Å²) >= 11 is 5.99. The number of carboxylic acids is 1. The number of hydrogen-bond acceptors (Lipinski definition) is 1. The predicted molar refractivity (Wildman–Crippen MR) is 57.2 cm³/mol. The van der Waals surface area contributed by atoms with Gasteiger partial charge in [-0.15, -0.1) is 0 Å². The summed E-state index contributed by atoms with van der Waals surface area (Å²) in [5.41, 5.74) is 0.819. The summed E-state index contributed by atoms with van der Waals surface area (Å²) in [5, 5.41) is 9.44. The molecule has 0 saturated heterocycles. The third-order valence-corrected chi connectivity index (χ3v) is 2.85. The summed E-state index contributed by atoms with van der Waals surface area (Å²) in [6.45, 7) is 4.22. The van der Waals surface area contributed by atoms with Gasteiger partial charge in [0.25, 0.3) is 0 Å². The highest BCUT2D eigenvalue weighted by atomic mass is 35.5. The lowest BCUT2D eigenvalue weighted by Crippen LogP contribution is -2.04. The van der Waals surface area contributed by atoms with Gasteiger partial charge in [0.1, 0.15) is 0 Å². The van der Waals surface area contributed by atoms with Crippen molar-refractivity contribution < 1.29 is 9.90 Å². The lowest BCUT2D eigenvalue weighted by Gasteiger charge is -2.13. The maximum absolute atomic E-state index is 10.6. The van der Waals surface area contributed by atoms with Gasteiger partial charge in [0, 0.05) is 5.03 Å². The summed E-state index contributed by atoms with van der Waals surface area (Å²) in [6.07, 6.45) is 4.69. The fourth-order valence-electron chi connectivity index (χ4n) is 1.59. The van der Waals surface area contributed by atoms with Crippen molar-refractivity contribution in [3.05, 3.63) is 22.8 Å². The molecule has 0 aromatic rings. The summed E-state index contributed by atoms with van der Waals surface area (Å²) in [7, 11) is 0. The Morgan fingerprint density at radius 1 is 1.64 bits per heavy atom. The van der Waals surface area contributed by atoms with Crippen molar-refractivity contribution in [3.63, 3.8) is 0 Å². The van der Waals surface area contributed by atoms with E-state index >= 15 is 0 Å². The van der Waals surface area contributed by atoms with Gasteiger partial charge in [-0.1, -0.05) is 31.5 Å². The second kappa shape index (κ2) is 4.65. The maximum Gasteiger partial charge on any atom is 0.307 e. The number of halogens is 1. The SMILES string of the molecule is CC1C=C(CC(=O)O)C=C(Cl)CC1C. The lowest BCUT2D eigenvalue weighted by molar-refractivity contribution is -0.136. The largest absolute Gasteiger partial charge is 0.481 e. The zero-order chi connectivity index (χ0) is 10.7. The summed E-state index contributed by atoms with van der Waals surface area (Å²) in [6, 6.07) is 0. The van der Waals surface area contributed by atoms with Crippen molar-refractivity contribution in [2.45, 2.75) is 26.7 Å². The molecule has 0 bridgehead atoms. The van der Waals surface area contributed by atoms with Crippen LogP contribution in [0.1, 0.15) is 26.7 Å². The Balaban J connectivity index is 2.84. The molecule has 0 amide bonds. The first-order valence-corrected chi connectivity index (χ1v) is 5.15. The van der Waals surface area contributed by atoms with Gasteiger partial charge in [-0.2, -0.15) is 0 Å². The summed E-state index contributed by atoms with van der Waals surface area (Å²) in [5.74, 6) is 0.0561. The van der Waals surface area contributed by atoms with E-state index in [0.29, 0.717) is 11.8 Å². The van der Waals surface area contributed by atoms with E-state index in [1.54, 1.807) is 6.08 Å². The van der Waals surface area contributed by atoms with Crippen LogP contribution in [0.15, 0.2) is 22.8 Å². The molecular weight excluding hydrogens is 200 g/mol. The van der Waals surface area contributed by atoms with Crippen molar-refractivity contribution in [2.24, 2.45) is 11.8 Å². The molecule has 1 aliphatic rings. The van der Waals surface area contributed by atoms with Crippen molar-refractivity contribution in [2.75, 3.05) is 0 Å². The first-order chi connectivity index (χ1) is 6.49. The van der Waals surface area contributed by atoms with Crippen LogP contribution in [-0.2, 0) is 4.79 Å². The van der Waals surface area contributed by atoms with E-state index in [-0.39, 0.29) is 6.42 Å². The van der Waals surface area contributed by atoms with Gasteiger partial charge in [0.15, 0.2) is 0 Å². The first-order valence-electron chi connectivity index (χ1n) is 4.77. The van der Waals surface area contributed by atoms with Gasteiger partial charge in [-0.05, 0) is 29.9 Å². The number of carbonyl (C=O) groups is 1. The molecule has 3 heteroatoms. The van der Waals surface area contributed by atoms with Gasteiger partial charge in [-0.3, -0.25) is 4.79 Å². The molecule has 0 spiro atoms. The van der Waals surface area contributed by atoms with E-state index in [4.69, 9.17) is 16.7 Å². The molecule has 0 aromatic heterocycles. The Bertz CT molecular complexity index is 292. The fraction of sp³-hybridized carbons (Fsp3) is 0.545. The van der Waals surface area contributed by atoms with Crippen LogP contribution < -0.4 is 0 Å². The average molecular weight is 215 g/mol. The minimum atomic E-state index is -0.807. The van der Waals surface area contributed by atoms with Crippen LogP contribution in [0.4, 0.5) is 0 Å².